The van der Waals surface area contributed by atoms with Crippen LogP contribution in [0, 0.1) is 0 Å². The van der Waals surface area contributed by atoms with Crippen molar-refractivity contribution in [1.82, 2.24) is 9.97 Å². The van der Waals surface area contributed by atoms with Crippen LogP contribution in [-0.4, -0.2) is 9.97 Å². The highest BCUT2D eigenvalue weighted by molar-refractivity contribution is 7.13. The molecule has 4 nitrogen and oxygen atoms in total. The highest BCUT2D eigenvalue weighted by Crippen LogP contribution is 2.18. The third-order valence-electron chi connectivity index (χ3n) is 1.71. The zero-order valence-corrected chi connectivity index (χ0v) is 8.29. The SMILES string of the molecule is NCc1cncc(Nc2nccs2)c1. The summed E-state index contributed by atoms with van der Waals surface area (Å²) in [7, 11) is 0. The topological polar surface area (TPSA) is 63.8 Å². The minimum Gasteiger partial charge on any atom is -0.330 e. The Bertz CT molecular complexity index is 399. The maximum absolute atomic E-state index is 5.51. The standard InChI is InChI=1S/C9H10N4S/c10-4-7-3-8(6-11-5-7)13-9-12-1-2-14-9/h1-3,5-6H,4,10H2,(H,12,13). The van der Waals surface area contributed by atoms with Crippen molar-refractivity contribution in [2.45, 2.75) is 6.54 Å². The number of pyridine rings is 1. The molecule has 0 aliphatic rings. The zero-order chi connectivity index (χ0) is 9.80. The van der Waals surface area contributed by atoms with Crippen LogP contribution in [-0.2, 0) is 6.54 Å². The van der Waals surface area contributed by atoms with Crippen molar-refractivity contribution in [2.75, 3.05) is 5.32 Å². The summed E-state index contributed by atoms with van der Waals surface area (Å²) >= 11 is 1.55. The predicted molar refractivity (Wildman–Crippen MR) is 57.5 cm³/mol. The molecule has 0 saturated heterocycles. The molecule has 5 heteroatoms. The molecule has 72 valence electrons. The fourth-order valence-electron chi connectivity index (χ4n) is 1.08. The summed E-state index contributed by atoms with van der Waals surface area (Å²) in [6, 6.07) is 1.97. The minimum atomic E-state index is 0.500. The van der Waals surface area contributed by atoms with Gasteiger partial charge in [-0.05, 0) is 11.6 Å². The average molecular weight is 206 g/mol. The van der Waals surface area contributed by atoms with E-state index in [1.165, 1.54) is 0 Å². The van der Waals surface area contributed by atoms with E-state index >= 15 is 0 Å². The maximum Gasteiger partial charge on any atom is 0.187 e. The number of hydrogen-bond acceptors (Lipinski definition) is 5. The van der Waals surface area contributed by atoms with Gasteiger partial charge in [-0.15, -0.1) is 11.3 Å². The van der Waals surface area contributed by atoms with E-state index in [4.69, 9.17) is 5.73 Å². The molecule has 3 N–H and O–H groups in total. The van der Waals surface area contributed by atoms with Crippen molar-refractivity contribution >= 4 is 22.2 Å². The molecule has 0 aromatic carbocycles. The molecule has 2 rings (SSSR count). The average Bonchev–Trinajstić information content (AvgIpc) is 2.71. The molecule has 0 atom stereocenters. The Hall–Kier alpha value is -1.46. The highest BCUT2D eigenvalue weighted by atomic mass is 32.1. The Labute approximate surface area is 85.8 Å². The summed E-state index contributed by atoms with van der Waals surface area (Å²) in [6.07, 6.45) is 5.26. The number of nitrogens with one attached hydrogen (secondary N) is 1. The maximum atomic E-state index is 5.51. The molecule has 0 bridgehead atoms. The molecule has 2 heterocycles. The van der Waals surface area contributed by atoms with Gasteiger partial charge in [0.1, 0.15) is 0 Å². The second kappa shape index (κ2) is 4.17. The number of nitrogens with zero attached hydrogens (tertiary/aromatic N) is 2. The van der Waals surface area contributed by atoms with Gasteiger partial charge in [0.15, 0.2) is 5.13 Å². The van der Waals surface area contributed by atoms with E-state index in [9.17, 15) is 0 Å². The van der Waals surface area contributed by atoms with E-state index < -0.39 is 0 Å². The smallest absolute Gasteiger partial charge is 0.187 e. The van der Waals surface area contributed by atoms with Gasteiger partial charge in [0, 0.05) is 24.3 Å². The molecule has 2 aromatic rings. The van der Waals surface area contributed by atoms with Crippen molar-refractivity contribution in [1.29, 1.82) is 0 Å². The van der Waals surface area contributed by atoms with Crippen LogP contribution in [0.3, 0.4) is 0 Å². The molecule has 2 aromatic heterocycles. The third kappa shape index (κ3) is 2.07. The van der Waals surface area contributed by atoms with Crippen LogP contribution in [0.15, 0.2) is 30.0 Å². The van der Waals surface area contributed by atoms with Gasteiger partial charge in [0.05, 0.1) is 11.9 Å². The van der Waals surface area contributed by atoms with Crippen LogP contribution in [0.2, 0.25) is 0 Å². The molecule has 0 unspecified atom stereocenters. The number of anilines is 2. The van der Waals surface area contributed by atoms with E-state index in [1.54, 1.807) is 29.9 Å². The summed E-state index contributed by atoms with van der Waals surface area (Å²) in [5.41, 5.74) is 7.44. The molecule has 0 aliphatic heterocycles. The second-order valence-corrected chi connectivity index (χ2v) is 3.64. The number of rotatable bonds is 3. The molecule has 0 radical (unpaired) electrons. The Morgan fingerprint density at radius 3 is 3.07 bits per heavy atom. The van der Waals surface area contributed by atoms with Crippen LogP contribution in [0.1, 0.15) is 5.56 Å². The lowest BCUT2D eigenvalue weighted by Gasteiger charge is -2.03. The zero-order valence-electron chi connectivity index (χ0n) is 7.47. The number of thiazole rings is 1. The second-order valence-electron chi connectivity index (χ2n) is 2.75. The van der Waals surface area contributed by atoms with E-state index in [0.29, 0.717) is 6.54 Å². The number of hydrogen-bond donors (Lipinski definition) is 2. The first kappa shape index (κ1) is 9.11. The lowest BCUT2D eigenvalue weighted by atomic mass is 10.3. The first-order valence-corrected chi connectivity index (χ1v) is 5.07. The fourth-order valence-corrected chi connectivity index (χ4v) is 1.63. The summed E-state index contributed by atoms with van der Waals surface area (Å²) in [4.78, 5) is 8.19. The third-order valence-corrected chi connectivity index (χ3v) is 2.40. The van der Waals surface area contributed by atoms with E-state index in [-0.39, 0.29) is 0 Å². The lowest BCUT2D eigenvalue weighted by molar-refractivity contribution is 1.05. The highest BCUT2D eigenvalue weighted by Gasteiger charge is 1.97. The van der Waals surface area contributed by atoms with Crippen molar-refractivity contribution in [3.63, 3.8) is 0 Å². The van der Waals surface area contributed by atoms with E-state index in [2.05, 4.69) is 15.3 Å². The lowest BCUT2D eigenvalue weighted by Crippen LogP contribution is -1.98. The van der Waals surface area contributed by atoms with Gasteiger partial charge >= 0.3 is 0 Å². The van der Waals surface area contributed by atoms with Gasteiger partial charge in [-0.2, -0.15) is 0 Å². The molecule has 0 amide bonds. The Morgan fingerprint density at radius 1 is 1.43 bits per heavy atom. The molecule has 0 aliphatic carbocycles. The Balaban J connectivity index is 2.17. The van der Waals surface area contributed by atoms with Gasteiger partial charge in [0.2, 0.25) is 0 Å². The molecule has 14 heavy (non-hydrogen) atoms. The van der Waals surface area contributed by atoms with E-state index in [1.807, 2.05) is 11.4 Å². The Morgan fingerprint density at radius 2 is 2.36 bits per heavy atom. The van der Waals surface area contributed by atoms with Crippen molar-refractivity contribution in [2.24, 2.45) is 5.73 Å². The van der Waals surface area contributed by atoms with Gasteiger partial charge in [-0.25, -0.2) is 4.98 Å². The number of aromatic nitrogens is 2. The van der Waals surface area contributed by atoms with Crippen molar-refractivity contribution in [3.8, 4) is 0 Å². The van der Waals surface area contributed by atoms with Crippen molar-refractivity contribution < 1.29 is 0 Å². The molecule has 0 fully saturated rings. The summed E-state index contributed by atoms with van der Waals surface area (Å²) in [5.74, 6) is 0. The van der Waals surface area contributed by atoms with Gasteiger partial charge in [-0.1, -0.05) is 0 Å². The summed E-state index contributed by atoms with van der Waals surface area (Å²) in [6.45, 7) is 0.500. The first-order chi connectivity index (χ1) is 6.88. The van der Waals surface area contributed by atoms with Gasteiger partial charge in [0.25, 0.3) is 0 Å². The van der Waals surface area contributed by atoms with E-state index in [0.717, 1.165) is 16.4 Å². The van der Waals surface area contributed by atoms with Crippen LogP contribution in [0.25, 0.3) is 0 Å². The van der Waals surface area contributed by atoms with Crippen LogP contribution < -0.4 is 11.1 Å². The van der Waals surface area contributed by atoms with Crippen molar-refractivity contribution in [3.05, 3.63) is 35.6 Å². The first-order valence-electron chi connectivity index (χ1n) is 4.19. The Kier molecular flexibility index (Phi) is 2.71. The largest absolute Gasteiger partial charge is 0.330 e. The number of nitrogens with two attached hydrogens (primary N) is 1. The minimum absolute atomic E-state index is 0.500. The quantitative estimate of drug-likeness (QED) is 0.803. The molecule has 0 saturated carbocycles. The summed E-state index contributed by atoms with van der Waals surface area (Å²) in [5, 5.41) is 5.93. The van der Waals surface area contributed by atoms with Crippen LogP contribution in [0.4, 0.5) is 10.8 Å². The van der Waals surface area contributed by atoms with Crippen LogP contribution in [0.5, 0.6) is 0 Å². The van der Waals surface area contributed by atoms with Gasteiger partial charge in [-0.3, -0.25) is 4.98 Å². The normalized spacial score (nSPS) is 10.1. The monoisotopic (exact) mass is 206 g/mol. The molecular formula is C9H10N4S. The summed E-state index contributed by atoms with van der Waals surface area (Å²) < 4.78 is 0. The molecular weight excluding hydrogens is 196 g/mol. The molecule has 0 spiro atoms. The fraction of sp³-hybridized carbons (Fsp3) is 0.111. The van der Waals surface area contributed by atoms with Crippen LogP contribution >= 0.6 is 11.3 Å². The predicted octanol–water partition coefficient (Wildman–Crippen LogP) is 1.74. The van der Waals surface area contributed by atoms with Gasteiger partial charge < -0.3 is 11.1 Å².